The second-order valence-electron chi connectivity index (χ2n) is 6.13. The van der Waals surface area contributed by atoms with Crippen LogP contribution in [0.2, 0.25) is 0 Å². The summed E-state index contributed by atoms with van der Waals surface area (Å²) in [5, 5.41) is 0. The van der Waals surface area contributed by atoms with Crippen molar-refractivity contribution in [2.45, 2.75) is 71.0 Å². The van der Waals surface area contributed by atoms with E-state index in [0.717, 1.165) is 16.7 Å². The van der Waals surface area contributed by atoms with Crippen LogP contribution in [0.25, 0.3) is 0 Å². The first-order valence-corrected chi connectivity index (χ1v) is 7.53. The monoisotopic (exact) mass is 274 g/mol. The highest BCUT2D eigenvalue weighted by molar-refractivity contribution is 9.09. The van der Waals surface area contributed by atoms with Gasteiger partial charge in [-0.1, -0.05) is 62.9 Å². The van der Waals surface area contributed by atoms with Crippen molar-refractivity contribution >= 4 is 15.9 Å². The first-order valence-electron chi connectivity index (χ1n) is 6.61. The van der Waals surface area contributed by atoms with Crippen molar-refractivity contribution < 1.29 is 0 Å². The lowest BCUT2D eigenvalue weighted by molar-refractivity contribution is 0.134. The lowest BCUT2D eigenvalue weighted by Gasteiger charge is -2.42. The molecule has 1 saturated carbocycles. The van der Waals surface area contributed by atoms with E-state index >= 15 is 0 Å². The average molecular weight is 275 g/mol. The molecule has 90 valence electrons. The minimum Gasteiger partial charge on any atom is -0.0887 e. The smallest absolute Gasteiger partial charge is 0.0181 e. The third-order valence-electron chi connectivity index (χ3n) is 4.21. The van der Waals surface area contributed by atoms with Crippen LogP contribution < -0.4 is 0 Å². The minimum atomic E-state index is 0.532. The summed E-state index contributed by atoms with van der Waals surface area (Å²) in [6.45, 7) is 9.63. The quantitative estimate of drug-likeness (QED) is 0.602. The average Bonchev–Trinajstić information content (AvgIpc) is 2.14. The van der Waals surface area contributed by atoms with Gasteiger partial charge in [-0.05, 0) is 36.5 Å². The Hall–Kier alpha value is 0.480. The molecule has 0 aromatic carbocycles. The standard InChI is InChI=1S/C14H27Br/c1-5-6-9-14(3,4)12-8-7-11(2)10-13(12)15/h11-13H,5-10H2,1-4H3. The summed E-state index contributed by atoms with van der Waals surface area (Å²) in [7, 11) is 0. The molecule has 1 fully saturated rings. The minimum absolute atomic E-state index is 0.532. The maximum Gasteiger partial charge on any atom is 0.0181 e. The molecule has 0 nitrogen and oxygen atoms in total. The van der Waals surface area contributed by atoms with E-state index in [-0.39, 0.29) is 0 Å². The van der Waals surface area contributed by atoms with Gasteiger partial charge in [-0.15, -0.1) is 0 Å². The zero-order valence-corrected chi connectivity index (χ0v) is 12.4. The van der Waals surface area contributed by atoms with E-state index in [1.807, 2.05) is 0 Å². The van der Waals surface area contributed by atoms with E-state index in [1.165, 1.54) is 38.5 Å². The summed E-state index contributed by atoms with van der Waals surface area (Å²) >= 11 is 3.92. The first-order chi connectivity index (χ1) is 6.97. The van der Waals surface area contributed by atoms with Crippen molar-refractivity contribution in [2.75, 3.05) is 0 Å². The molecular formula is C14H27Br. The van der Waals surface area contributed by atoms with Crippen LogP contribution in [0.1, 0.15) is 66.2 Å². The second-order valence-corrected chi connectivity index (χ2v) is 7.31. The number of hydrogen-bond donors (Lipinski definition) is 0. The molecule has 1 aliphatic rings. The molecule has 0 bridgehead atoms. The summed E-state index contributed by atoms with van der Waals surface area (Å²) in [4.78, 5) is 0.758. The Morgan fingerprint density at radius 1 is 1.27 bits per heavy atom. The van der Waals surface area contributed by atoms with Crippen molar-refractivity contribution in [3.05, 3.63) is 0 Å². The van der Waals surface area contributed by atoms with Gasteiger partial charge in [0.2, 0.25) is 0 Å². The van der Waals surface area contributed by atoms with Crippen LogP contribution in [0.4, 0.5) is 0 Å². The number of rotatable bonds is 4. The largest absolute Gasteiger partial charge is 0.0887 e. The SMILES string of the molecule is CCCCC(C)(C)C1CCC(C)CC1Br. The Bertz CT molecular complexity index is 186. The van der Waals surface area contributed by atoms with Crippen molar-refractivity contribution in [2.24, 2.45) is 17.3 Å². The van der Waals surface area contributed by atoms with Gasteiger partial charge in [-0.25, -0.2) is 0 Å². The van der Waals surface area contributed by atoms with E-state index in [2.05, 4.69) is 43.6 Å². The summed E-state index contributed by atoms with van der Waals surface area (Å²) in [5.74, 6) is 1.81. The van der Waals surface area contributed by atoms with Gasteiger partial charge in [0.1, 0.15) is 0 Å². The topological polar surface area (TPSA) is 0 Å². The van der Waals surface area contributed by atoms with Gasteiger partial charge in [0.15, 0.2) is 0 Å². The van der Waals surface area contributed by atoms with Crippen LogP contribution in [0.3, 0.4) is 0 Å². The molecule has 1 rings (SSSR count). The third-order valence-corrected chi connectivity index (χ3v) is 5.23. The molecule has 0 aliphatic heterocycles. The molecule has 0 aromatic rings. The Balaban J connectivity index is 2.53. The predicted octanol–water partition coefficient (Wildman–Crippen LogP) is 5.40. The van der Waals surface area contributed by atoms with Crippen molar-refractivity contribution in [1.29, 1.82) is 0 Å². The van der Waals surface area contributed by atoms with Gasteiger partial charge in [-0.2, -0.15) is 0 Å². The molecule has 0 spiro atoms. The Morgan fingerprint density at radius 2 is 1.93 bits per heavy atom. The molecule has 0 radical (unpaired) electrons. The van der Waals surface area contributed by atoms with Crippen LogP contribution in [-0.4, -0.2) is 4.83 Å². The number of alkyl halides is 1. The molecule has 0 saturated heterocycles. The second kappa shape index (κ2) is 5.70. The Kier molecular flexibility index (Phi) is 5.15. The summed E-state index contributed by atoms with van der Waals surface area (Å²) in [6.07, 6.45) is 8.35. The van der Waals surface area contributed by atoms with Gasteiger partial charge in [0.05, 0.1) is 0 Å². The van der Waals surface area contributed by atoms with Gasteiger partial charge in [0.25, 0.3) is 0 Å². The summed E-state index contributed by atoms with van der Waals surface area (Å²) < 4.78 is 0. The van der Waals surface area contributed by atoms with Crippen molar-refractivity contribution in [1.82, 2.24) is 0 Å². The molecule has 15 heavy (non-hydrogen) atoms. The zero-order valence-electron chi connectivity index (χ0n) is 10.9. The Labute approximate surface area is 104 Å². The highest BCUT2D eigenvalue weighted by atomic mass is 79.9. The number of halogens is 1. The predicted molar refractivity (Wildman–Crippen MR) is 72.5 cm³/mol. The zero-order chi connectivity index (χ0) is 11.5. The molecular weight excluding hydrogens is 248 g/mol. The maximum absolute atomic E-state index is 3.92. The molecule has 1 heteroatoms. The Morgan fingerprint density at radius 3 is 2.47 bits per heavy atom. The molecule has 0 heterocycles. The highest BCUT2D eigenvalue weighted by Crippen LogP contribution is 2.45. The summed E-state index contributed by atoms with van der Waals surface area (Å²) in [6, 6.07) is 0. The highest BCUT2D eigenvalue weighted by Gasteiger charge is 2.37. The van der Waals surface area contributed by atoms with E-state index in [4.69, 9.17) is 0 Å². The molecule has 0 amide bonds. The lowest BCUT2D eigenvalue weighted by atomic mass is 9.67. The fourth-order valence-corrected chi connectivity index (χ4v) is 4.63. The van der Waals surface area contributed by atoms with Crippen LogP contribution in [0.5, 0.6) is 0 Å². The number of unbranched alkanes of at least 4 members (excludes halogenated alkanes) is 1. The first kappa shape index (κ1) is 13.5. The third kappa shape index (κ3) is 3.76. The van der Waals surface area contributed by atoms with Crippen molar-refractivity contribution in [3.63, 3.8) is 0 Å². The van der Waals surface area contributed by atoms with Crippen LogP contribution >= 0.6 is 15.9 Å². The van der Waals surface area contributed by atoms with Crippen molar-refractivity contribution in [3.8, 4) is 0 Å². The molecule has 0 aromatic heterocycles. The van der Waals surface area contributed by atoms with Crippen LogP contribution in [0.15, 0.2) is 0 Å². The van der Waals surface area contributed by atoms with Gasteiger partial charge in [0, 0.05) is 4.83 Å². The molecule has 0 N–H and O–H groups in total. The number of hydrogen-bond acceptors (Lipinski definition) is 0. The molecule has 3 unspecified atom stereocenters. The van der Waals surface area contributed by atoms with Crippen LogP contribution in [-0.2, 0) is 0 Å². The van der Waals surface area contributed by atoms with Gasteiger partial charge < -0.3 is 0 Å². The van der Waals surface area contributed by atoms with E-state index < -0.39 is 0 Å². The van der Waals surface area contributed by atoms with Crippen LogP contribution in [0, 0.1) is 17.3 Å². The summed E-state index contributed by atoms with van der Waals surface area (Å²) in [5.41, 5.74) is 0.532. The lowest BCUT2D eigenvalue weighted by Crippen LogP contribution is -2.35. The van der Waals surface area contributed by atoms with Gasteiger partial charge in [-0.3, -0.25) is 0 Å². The van der Waals surface area contributed by atoms with E-state index in [0.29, 0.717) is 5.41 Å². The molecule has 3 atom stereocenters. The van der Waals surface area contributed by atoms with E-state index in [9.17, 15) is 0 Å². The maximum atomic E-state index is 3.92. The van der Waals surface area contributed by atoms with E-state index in [1.54, 1.807) is 0 Å². The fraction of sp³-hybridized carbons (Fsp3) is 1.00. The van der Waals surface area contributed by atoms with Gasteiger partial charge >= 0.3 is 0 Å². The fourth-order valence-electron chi connectivity index (χ4n) is 3.01. The normalized spacial score (nSPS) is 33.0. The molecule has 1 aliphatic carbocycles.